The highest BCUT2D eigenvalue weighted by atomic mass is 32.2. The molecule has 1 saturated carbocycles. The molecule has 0 atom stereocenters. The summed E-state index contributed by atoms with van der Waals surface area (Å²) in [6, 6.07) is 4.44. The van der Waals surface area contributed by atoms with E-state index in [0.29, 0.717) is 11.5 Å². The van der Waals surface area contributed by atoms with Crippen molar-refractivity contribution in [1.29, 1.82) is 0 Å². The zero-order valence-electron chi connectivity index (χ0n) is 11.3. The van der Waals surface area contributed by atoms with Gasteiger partial charge in [0, 0.05) is 6.07 Å². The summed E-state index contributed by atoms with van der Waals surface area (Å²) < 4.78 is 34.2. The van der Waals surface area contributed by atoms with Gasteiger partial charge in [-0.1, -0.05) is 0 Å². The summed E-state index contributed by atoms with van der Waals surface area (Å²) in [5.41, 5.74) is -0.384. The Morgan fingerprint density at radius 3 is 2.32 bits per heavy atom. The number of benzene rings is 1. The molecule has 19 heavy (non-hydrogen) atoms. The Balaban J connectivity index is 2.36. The lowest BCUT2D eigenvalue weighted by molar-refractivity contribution is 0.122. The van der Waals surface area contributed by atoms with Gasteiger partial charge in [-0.3, -0.25) is 0 Å². The fourth-order valence-corrected chi connectivity index (χ4v) is 2.07. The molecular formula is C13H19NO4S. The molecule has 1 aliphatic rings. The highest BCUT2D eigenvalue weighted by Crippen LogP contribution is 2.36. The molecule has 1 aliphatic carbocycles. The smallest absolute Gasteiger partial charge is 0.238 e. The van der Waals surface area contributed by atoms with Crippen LogP contribution in [0.25, 0.3) is 0 Å². The van der Waals surface area contributed by atoms with Gasteiger partial charge in [0.15, 0.2) is 11.5 Å². The highest BCUT2D eigenvalue weighted by molar-refractivity contribution is 7.89. The summed E-state index contributed by atoms with van der Waals surface area (Å²) in [7, 11) is -3.74. The predicted molar refractivity (Wildman–Crippen MR) is 71.8 cm³/mol. The summed E-state index contributed by atoms with van der Waals surface area (Å²) in [5.74, 6) is 0.968. The van der Waals surface area contributed by atoms with Gasteiger partial charge in [-0.2, -0.15) is 0 Å². The molecule has 106 valence electrons. The number of ether oxygens (including phenoxy) is 2. The van der Waals surface area contributed by atoms with Gasteiger partial charge in [0.25, 0.3) is 0 Å². The number of sulfonamides is 1. The van der Waals surface area contributed by atoms with Crippen molar-refractivity contribution in [2.45, 2.75) is 50.2 Å². The van der Waals surface area contributed by atoms with Crippen LogP contribution in [0.2, 0.25) is 0 Å². The molecule has 0 aliphatic heterocycles. The van der Waals surface area contributed by atoms with Gasteiger partial charge >= 0.3 is 0 Å². The van der Waals surface area contributed by atoms with Gasteiger partial charge in [-0.15, -0.1) is 0 Å². The molecule has 0 saturated heterocycles. The Morgan fingerprint density at radius 1 is 1.21 bits per heavy atom. The van der Waals surface area contributed by atoms with Crippen molar-refractivity contribution in [3.8, 4) is 11.5 Å². The molecule has 2 N–H and O–H groups in total. The molecule has 1 fully saturated rings. The fraction of sp³-hybridized carbons (Fsp3) is 0.538. The van der Waals surface area contributed by atoms with E-state index in [4.69, 9.17) is 14.6 Å². The Morgan fingerprint density at radius 2 is 1.84 bits per heavy atom. The molecular weight excluding hydrogens is 266 g/mol. The normalized spacial score (nSPS) is 16.2. The second-order valence-corrected chi connectivity index (χ2v) is 7.25. The number of hydrogen-bond donors (Lipinski definition) is 1. The summed E-state index contributed by atoms with van der Waals surface area (Å²) >= 11 is 0. The van der Waals surface area contributed by atoms with Crippen LogP contribution < -0.4 is 14.6 Å². The van der Waals surface area contributed by atoms with Crippen molar-refractivity contribution in [3.05, 3.63) is 18.2 Å². The molecule has 0 spiro atoms. The Labute approximate surface area is 113 Å². The fourth-order valence-electron chi connectivity index (χ4n) is 1.54. The topological polar surface area (TPSA) is 78.6 Å². The van der Waals surface area contributed by atoms with Crippen LogP contribution in [0, 0.1) is 0 Å². The number of nitrogens with two attached hydrogens (primary N) is 1. The molecule has 0 amide bonds. The van der Waals surface area contributed by atoms with E-state index >= 15 is 0 Å². The van der Waals surface area contributed by atoms with Crippen LogP contribution in [0.1, 0.15) is 33.6 Å². The third-order valence-corrected chi connectivity index (χ3v) is 3.39. The second-order valence-electron chi connectivity index (χ2n) is 5.69. The lowest BCUT2D eigenvalue weighted by atomic mass is 10.2. The zero-order valence-corrected chi connectivity index (χ0v) is 12.2. The van der Waals surface area contributed by atoms with Crippen LogP contribution in [0.3, 0.4) is 0 Å². The average molecular weight is 285 g/mol. The lowest BCUT2D eigenvalue weighted by Gasteiger charge is -2.23. The first-order valence-electron chi connectivity index (χ1n) is 6.18. The number of hydrogen-bond acceptors (Lipinski definition) is 4. The van der Waals surface area contributed by atoms with Crippen molar-refractivity contribution >= 4 is 10.0 Å². The van der Waals surface area contributed by atoms with Crippen LogP contribution in [0.15, 0.2) is 23.1 Å². The van der Waals surface area contributed by atoms with Gasteiger partial charge in [0.1, 0.15) is 5.60 Å². The zero-order chi connectivity index (χ0) is 14.3. The molecule has 0 aromatic heterocycles. The van der Waals surface area contributed by atoms with E-state index in [1.165, 1.54) is 12.1 Å². The molecule has 5 nitrogen and oxygen atoms in total. The monoisotopic (exact) mass is 285 g/mol. The Bertz CT molecular complexity index is 571. The van der Waals surface area contributed by atoms with Crippen LogP contribution in [0.5, 0.6) is 11.5 Å². The summed E-state index contributed by atoms with van der Waals surface area (Å²) in [5, 5.41) is 5.13. The molecule has 2 rings (SSSR count). The van der Waals surface area contributed by atoms with E-state index in [-0.39, 0.29) is 16.6 Å². The minimum Gasteiger partial charge on any atom is -0.486 e. The first kappa shape index (κ1) is 14.1. The van der Waals surface area contributed by atoms with Crippen LogP contribution in [0.4, 0.5) is 0 Å². The summed E-state index contributed by atoms with van der Waals surface area (Å²) in [6.07, 6.45) is 2.11. The van der Waals surface area contributed by atoms with Gasteiger partial charge in [0.2, 0.25) is 10.0 Å². The molecule has 6 heteroatoms. The van der Waals surface area contributed by atoms with E-state index in [0.717, 1.165) is 12.8 Å². The first-order chi connectivity index (χ1) is 8.65. The Kier molecular flexibility index (Phi) is 3.49. The number of rotatable bonds is 4. The summed E-state index contributed by atoms with van der Waals surface area (Å²) in [4.78, 5) is 0.0319. The van der Waals surface area contributed by atoms with Crippen molar-refractivity contribution in [2.75, 3.05) is 0 Å². The molecule has 0 radical (unpaired) electrons. The second kappa shape index (κ2) is 4.68. The molecule has 0 unspecified atom stereocenters. The maximum absolute atomic E-state index is 11.4. The largest absolute Gasteiger partial charge is 0.486 e. The van der Waals surface area contributed by atoms with Crippen molar-refractivity contribution in [2.24, 2.45) is 5.14 Å². The lowest BCUT2D eigenvalue weighted by Crippen LogP contribution is -2.23. The van der Waals surface area contributed by atoms with Gasteiger partial charge in [-0.25, -0.2) is 13.6 Å². The predicted octanol–water partition coefficient (Wildman–Crippen LogP) is 2.05. The van der Waals surface area contributed by atoms with Crippen LogP contribution in [-0.4, -0.2) is 20.1 Å². The third-order valence-electron chi connectivity index (χ3n) is 2.48. The minimum atomic E-state index is -3.74. The number of primary sulfonamides is 1. The average Bonchev–Trinajstić information content (AvgIpc) is 3.00. The SMILES string of the molecule is CC(C)(C)Oc1ccc(S(N)(=O)=O)cc1OC1CC1. The first-order valence-corrected chi connectivity index (χ1v) is 7.72. The molecule has 1 aromatic carbocycles. The molecule has 0 bridgehead atoms. The van der Waals surface area contributed by atoms with Crippen LogP contribution in [-0.2, 0) is 10.0 Å². The maximum Gasteiger partial charge on any atom is 0.238 e. The standard InChI is InChI=1S/C13H19NO4S/c1-13(2,3)18-11-7-6-10(19(14,15)16)8-12(11)17-9-4-5-9/h6-9H,4-5H2,1-3H3,(H2,14,15,16). The van der Waals surface area contributed by atoms with Crippen molar-refractivity contribution in [1.82, 2.24) is 0 Å². The van der Waals surface area contributed by atoms with E-state index in [1.54, 1.807) is 6.07 Å². The maximum atomic E-state index is 11.4. The van der Waals surface area contributed by atoms with E-state index < -0.39 is 10.0 Å². The molecule has 0 heterocycles. The summed E-state index contributed by atoms with van der Waals surface area (Å²) in [6.45, 7) is 5.75. The van der Waals surface area contributed by atoms with Crippen LogP contribution >= 0.6 is 0 Å². The highest BCUT2D eigenvalue weighted by Gasteiger charge is 2.27. The molecule has 1 aromatic rings. The van der Waals surface area contributed by atoms with E-state index in [2.05, 4.69) is 0 Å². The van der Waals surface area contributed by atoms with E-state index in [9.17, 15) is 8.42 Å². The van der Waals surface area contributed by atoms with Gasteiger partial charge in [-0.05, 0) is 45.7 Å². The van der Waals surface area contributed by atoms with Gasteiger partial charge < -0.3 is 9.47 Å². The quantitative estimate of drug-likeness (QED) is 0.918. The van der Waals surface area contributed by atoms with Crippen molar-refractivity contribution < 1.29 is 17.9 Å². The third kappa shape index (κ3) is 4.11. The van der Waals surface area contributed by atoms with E-state index in [1.807, 2.05) is 20.8 Å². The minimum absolute atomic E-state index is 0.0319. The van der Waals surface area contributed by atoms with Crippen molar-refractivity contribution in [3.63, 3.8) is 0 Å². The Hall–Kier alpha value is -1.27. The van der Waals surface area contributed by atoms with Gasteiger partial charge in [0.05, 0.1) is 11.0 Å².